The third-order valence-electron chi connectivity index (χ3n) is 2.47. The second-order valence-electron chi connectivity index (χ2n) is 3.60. The summed E-state index contributed by atoms with van der Waals surface area (Å²) in [4.78, 5) is 0. The summed E-state index contributed by atoms with van der Waals surface area (Å²) in [6.07, 6.45) is 1.48. The van der Waals surface area contributed by atoms with Gasteiger partial charge in [-0.2, -0.15) is 0 Å². The monoisotopic (exact) mass is 228 g/mol. The van der Waals surface area contributed by atoms with Gasteiger partial charge in [-0.3, -0.25) is 0 Å². The molecule has 0 radical (unpaired) electrons. The van der Waals surface area contributed by atoms with E-state index in [9.17, 15) is 4.39 Å². The van der Waals surface area contributed by atoms with Gasteiger partial charge in [-0.15, -0.1) is 0 Å². The van der Waals surface area contributed by atoms with E-state index in [2.05, 4.69) is 0 Å². The van der Waals surface area contributed by atoms with Crippen molar-refractivity contribution in [1.29, 1.82) is 0 Å². The molecular weight excluding hydrogens is 215 g/mol. The third kappa shape index (κ3) is 2.72. The first-order valence-electron chi connectivity index (χ1n) is 5.37. The van der Waals surface area contributed by atoms with Crippen LogP contribution >= 0.6 is 0 Å². The van der Waals surface area contributed by atoms with Gasteiger partial charge in [-0.05, 0) is 12.1 Å². The number of rotatable bonds is 3. The summed E-state index contributed by atoms with van der Waals surface area (Å²) < 4.78 is 19.1. The third-order valence-corrected chi connectivity index (χ3v) is 2.47. The molecule has 0 N–H and O–H groups in total. The molecule has 2 heteroatoms. The molecule has 0 heterocycles. The van der Waals surface area contributed by atoms with Crippen molar-refractivity contribution in [2.24, 2.45) is 0 Å². The zero-order valence-corrected chi connectivity index (χ0v) is 9.56. The van der Waals surface area contributed by atoms with Crippen LogP contribution in [0.1, 0.15) is 11.1 Å². The summed E-state index contributed by atoms with van der Waals surface area (Å²) in [6, 6.07) is 16.3. The molecule has 0 aliphatic carbocycles. The molecule has 2 rings (SSSR count). The van der Waals surface area contributed by atoms with Gasteiger partial charge in [0.1, 0.15) is 11.6 Å². The minimum atomic E-state index is -0.268. The maximum absolute atomic E-state index is 13.9. The highest BCUT2D eigenvalue weighted by Crippen LogP contribution is 2.24. The van der Waals surface area contributed by atoms with Crippen LogP contribution in [-0.4, -0.2) is 7.11 Å². The van der Waals surface area contributed by atoms with Crippen molar-refractivity contribution in [2.75, 3.05) is 7.11 Å². The standard InChI is InChI=1S/C15H13FO/c1-17-15-10-6-5-9-13(15)11-14(16)12-7-3-2-4-8-12/h2-11H,1H3/b14-11-. The Labute approximate surface area is 100 Å². The van der Waals surface area contributed by atoms with Gasteiger partial charge < -0.3 is 4.74 Å². The Morgan fingerprint density at radius 2 is 1.65 bits per heavy atom. The normalized spacial score (nSPS) is 11.3. The van der Waals surface area contributed by atoms with Crippen molar-refractivity contribution in [3.63, 3.8) is 0 Å². The highest BCUT2D eigenvalue weighted by atomic mass is 19.1. The zero-order chi connectivity index (χ0) is 12.1. The van der Waals surface area contributed by atoms with Crippen LogP contribution in [0.3, 0.4) is 0 Å². The minimum absolute atomic E-state index is 0.268. The molecule has 0 aromatic heterocycles. The van der Waals surface area contributed by atoms with E-state index in [1.165, 1.54) is 6.08 Å². The summed E-state index contributed by atoms with van der Waals surface area (Å²) in [5, 5.41) is 0. The molecule has 17 heavy (non-hydrogen) atoms. The number of benzene rings is 2. The molecule has 0 amide bonds. The molecular formula is C15H13FO. The van der Waals surface area contributed by atoms with Crippen molar-refractivity contribution >= 4 is 11.9 Å². The van der Waals surface area contributed by atoms with Gasteiger partial charge in [0, 0.05) is 11.1 Å². The van der Waals surface area contributed by atoms with Crippen LogP contribution in [0.5, 0.6) is 5.75 Å². The number of halogens is 1. The molecule has 0 saturated heterocycles. The maximum atomic E-state index is 13.9. The summed E-state index contributed by atoms with van der Waals surface area (Å²) in [5.41, 5.74) is 1.30. The van der Waals surface area contributed by atoms with Crippen LogP contribution in [0.15, 0.2) is 54.6 Å². The second kappa shape index (κ2) is 5.30. The van der Waals surface area contributed by atoms with Crippen molar-refractivity contribution < 1.29 is 9.13 Å². The van der Waals surface area contributed by atoms with E-state index < -0.39 is 0 Å². The summed E-state index contributed by atoms with van der Waals surface area (Å²) in [5.74, 6) is 0.397. The van der Waals surface area contributed by atoms with Crippen LogP contribution < -0.4 is 4.74 Å². The Balaban J connectivity index is 2.36. The molecule has 1 nitrogen and oxygen atoms in total. The molecule has 2 aromatic carbocycles. The molecule has 0 aliphatic heterocycles. The average Bonchev–Trinajstić information content (AvgIpc) is 2.40. The topological polar surface area (TPSA) is 9.23 Å². The Kier molecular flexibility index (Phi) is 3.55. The Hall–Kier alpha value is -2.09. The minimum Gasteiger partial charge on any atom is -0.496 e. The van der Waals surface area contributed by atoms with Gasteiger partial charge in [0.2, 0.25) is 0 Å². The van der Waals surface area contributed by atoms with E-state index in [4.69, 9.17) is 4.74 Å². The lowest BCUT2D eigenvalue weighted by Gasteiger charge is -2.04. The highest BCUT2D eigenvalue weighted by Gasteiger charge is 2.02. The highest BCUT2D eigenvalue weighted by molar-refractivity contribution is 5.78. The van der Waals surface area contributed by atoms with E-state index in [0.29, 0.717) is 11.3 Å². The SMILES string of the molecule is COc1ccccc1/C=C(\F)c1ccccc1. The second-order valence-corrected chi connectivity index (χ2v) is 3.60. The first-order valence-corrected chi connectivity index (χ1v) is 5.37. The molecule has 0 unspecified atom stereocenters. The fraction of sp³-hybridized carbons (Fsp3) is 0.0667. The molecule has 0 fully saturated rings. The molecule has 2 aromatic rings. The quantitative estimate of drug-likeness (QED) is 0.717. The van der Waals surface area contributed by atoms with Crippen molar-refractivity contribution in [3.05, 3.63) is 65.7 Å². The molecule has 0 aliphatic rings. The van der Waals surface area contributed by atoms with Crippen molar-refractivity contribution in [1.82, 2.24) is 0 Å². The number of ether oxygens (including phenoxy) is 1. The van der Waals surface area contributed by atoms with Gasteiger partial charge in [-0.1, -0.05) is 48.5 Å². The van der Waals surface area contributed by atoms with Crippen LogP contribution in [0, 0.1) is 0 Å². The van der Waals surface area contributed by atoms with Gasteiger partial charge in [0.05, 0.1) is 7.11 Å². The largest absolute Gasteiger partial charge is 0.496 e. The molecule has 0 saturated carbocycles. The first-order chi connectivity index (χ1) is 8.31. The summed E-state index contributed by atoms with van der Waals surface area (Å²) in [6.45, 7) is 0. The smallest absolute Gasteiger partial charge is 0.131 e. The van der Waals surface area contributed by atoms with Crippen molar-refractivity contribution in [3.8, 4) is 5.75 Å². The lowest BCUT2D eigenvalue weighted by molar-refractivity contribution is 0.414. The van der Waals surface area contributed by atoms with Gasteiger partial charge in [0.15, 0.2) is 0 Å². The van der Waals surface area contributed by atoms with E-state index in [1.54, 1.807) is 19.2 Å². The van der Waals surface area contributed by atoms with Crippen LogP contribution in [0.4, 0.5) is 4.39 Å². The van der Waals surface area contributed by atoms with E-state index in [1.807, 2.05) is 42.5 Å². The fourth-order valence-electron chi connectivity index (χ4n) is 1.60. The number of hydrogen-bond donors (Lipinski definition) is 0. The van der Waals surface area contributed by atoms with E-state index >= 15 is 0 Å². The lowest BCUT2D eigenvalue weighted by atomic mass is 10.1. The Morgan fingerprint density at radius 3 is 2.35 bits per heavy atom. The van der Waals surface area contributed by atoms with Gasteiger partial charge in [-0.25, -0.2) is 4.39 Å². The lowest BCUT2D eigenvalue weighted by Crippen LogP contribution is -1.86. The van der Waals surface area contributed by atoms with E-state index in [0.717, 1.165) is 5.56 Å². The van der Waals surface area contributed by atoms with E-state index in [-0.39, 0.29) is 5.83 Å². The predicted octanol–water partition coefficient (Wildman–Crippen LogP) is 4.16. The molecule has 0 spiro atoms. The summed E-state index contributed by atoms with van der Waals surface area (Å²) in [7, 11) is 1.58. The van der Waals surface area contributed by atoms with Crippen molar-refractivity contribution in [2.45, 2.75) is 0 Å². The number of hydrogen-bond acceptors (Lipinski definition) is 1. The number of methoxy groups -OCH3 is 1. The fourth-order valence-corrected chi connectivity index (χ4v) is 1.60. The Morgan fingerprint density at radius 1 is 1.00 bits per heavy atom. The zero-order valence-electron chi connectivity index (χ0n) is 9.56. The van der Waals surface area contributed by atoms with Gasteiger partial charge >= 0.3 is 0 Å². The predicted molar refractivity (Wildman–Crippen MR) is 68.4 cm³/mol. The molecule has 0 bridgehead atoms. The van der Waals surface area contributed by atoms with Crippen LogP contribution in [0.25, 0.3) is 11.9 Å². The average molecular weight is 228 g/mol. The Bertz CT molecular complexity index is 517. The molecule has 0 atom stereocenters. The first kappa shape index (κ1) is 11.4. The van der Waals surface area contributed by atoms with Crippen LogP contribution in [-0.2, 0) is 0 Å². The molecule has 86 valence electrons. The number of para-hydroxylation sites is 1. The van der Waals surface area contributed by atoms with Gasteiger partial charge in [0.25, 0.3) is 0 Å². The van der Waals surface area contributed by atoms with Crippen LogP contribution in [0.2, 0.25) is 0 Å². The maximum Gasteiger partial charge on any atom is 0.131 e. The summed E-state index contributed by atoms with van der Waals surface area (Å²) >= 11 is 0.